The van der Waals surface area contributed by atoms with E-state index < -0.39 is 0 Å². The van der Waals surface area contributed by atoms with Crippen LogP contribution >= 0.6 is 0 Å². The maximum atomic E-state index is 11.6. The van der Waals surface area contributed by atoms with Crippen molar-refractivity contribution in [2.45, 2.75) is 39.2 Å². The number of H-pyrrole nitrogens is 1. The van der Waals surface area contributed by atoms with Gasteiger partial charge in [-0.15, -0.1) is 0 Å². The molecule has 0 atom stereocenters. The zero-order valence-electron chi connectivity index (χ0n) is 10.3. The first-order chi connectivity index (χ1) is 7.85. The Kier molecular flexibility index (Phi) is 2.74. The van der Waals surface area contributed by atoms with E-state index in [-0.39, 0.29) is 11.1 Å². The molecule has 0 fully saturated rings. The van der Waals surface area contributed by atoms with Gasteiger partial charge in [-0.25, -0.2) is 4.98 Å². The van der Waals surface area contributed by atoms with Crippen molar-refractivity contribution >= 4 is 5.78 Å². The minimum atomic E-state index is -0.243. The first kappa shape index (κ1) is 11.8. The van der Waals surface area contributed by atoms with Crippen LogP contribution < -0.4 is 11.3 Å². The molecule has 3 N–H and O–H groups in total. The average molecular weight is 235 g/mol. The lowest BCUT2D eigenvalue weighted by Gasteiger charge is -2.16. The largest absolute Gasteiger partial charge is 0.326 e. The average Bonchev–Trinajstić information content (AvgIpc) is 2.56. The molecule has 0 bridgehead atoms. The maximum Gasteiger partial charge on any atom is 0.274 e. The summed E-state index contributed by atoms with van der Waals surface area (Å²) in [7, 11) is 0. The molecule has 92 valence electrons. The van der Waals surface area contributed by atoms with Gasteiger partial charge in [0.05, 0.1) is 0 Å². The molecule has 6 nitrogen and oxygen atoms in total. The van der Waals surface area contributed by atoms with Gasteiger partial charge in [0.2, 0.25) is 0 Å². The first-order valence-corrected chi connectivity index (χ1v) is 5.59. The topological polar surface area (TPSA) is 89.1 Å². The van der Waals surface area contributed by atoms with Crippen molar-refractivity contribution in [3.63, 3.8) is 0 Å². The van der Waals surface area contributed by atoms with E-state index in [0.717, 1.165) is 12.2 Å². The number of aryl methyl sites for hydroxylation is 2. The number of nitrogens with two attached hydrogens (primary N) is 1. The molecule has 2 aromatic heterocycles. The first-order valence-electron chi connectivity index (χ1n) is 5.59. The van der Waals surface area contributed by atoms with Gasteiger partial charge in [-0.2, -0.15) is 9.50 Å². The molecule has 0 spiro atoms. The molecule has 0 unspecified atom stereocenters. The SMILES string of the molecule is Cc1cc(=O)n2[nH]c(CCC(C)(C)N)nc2n1. The Morgan fingerprint density at radius 2 is 2.18 bits per heavy atom. The highest BCUT2D eigenvalue weighted by Gasteiger charge is 2.13. The lowest BCUT2D eigenvalue weighted by atomic mass is 10.0. The summed E-state index contributed by atoms with van der Waals surface area (Å²) in [5, 5.41) is 2.94. The second-order valence-corrected chi connectivity index (χ2v) is 5.03. The minimum absolute atomic E-state index is 0.141. The highest BCUT2D eigenvalue weighted by molar-refractivity contribution is 5.27. The molecule has 0 aliphatic rings. The summed E-state index contributed by atoms with van der Waals surface area (Å²) >= 11 is 0. The number of nitrogens with zero attached hydrogens (tertiary/aromatic N) is 3. The van der Waals surface area contributed by atoms with E-state index in [1.54, 1.807) is 6.92 Å². The van der Waals surface area contributed by atoms with E-state index in [2.05, 4.69) is 15.1 Å². The summed E-state index contributed by atoms with van der Waals surface area (Å²) in [6.07, 6.45) is 1.49. The number of fused-ring (bicyclic) bond motifs is 1. The molecule has 0 radical (unpaired) electrons. The number of rotatable bonds is 3. The minimum Gasteiger partial charge on any atom is -0.326 e. The summed E-state index contributed by atoms with van der Waals surface area (Å²) in [6.45, 7) is 5.70. The van der Waals surface area contributed by atoms with Gasteiger partial charge in [0.15, 0.2) is 0 Å². The van der Waals surface area contributed by atoms with E-state index in [0.29, 0.717) is 17.9 Å². The van der Waals surface area contributed by atoms with Crippen LogP contribution in [0.3, 0.4) is 0 Å². The van der Waals surface area contributed by atoms with Crippen molar-refractivity contribution in [3.8, 4) is 0 Å². The summed E-state index contributed by atoms with van der Waals surface area (Å²) in [5.74, 6) is 1.15. The quantitative estimate of drug-likeness (QED) is 0.805. The highest BCUT2D eigenvalue weighted by Crippen LogP contribution is 2.08. The second-order valence-electron chi connectivity index (χ2n) is 5.03. The summed E-state index contributed by atoms with van der Waals surface area (Å²) in [5.41, 5.74) is 6.20. The lowest BCUT2D eigenvalue weighted by Crippen LogP contribution is -2.32. The Morgan fingerprint density at radius 1 is 1.47 bits per heavy atom. The third-order valence-electron chi connectivity index (χ3n) is 2.51. The van der Waals surface area contributed by atoms with Crippen LogP contribution in [0.15, 0.2) is 10.9 Å². The molecule has 0 aliphatic heterocycles. The van der Waals surface area contributed by atoms with Gasteiger partial charge >= 0.3 is 0 Å². The number of hydrogen-bond donors (Lipinski definition) is 2. The monoisotopic (exact) mass is 235 g/mol. The van der Waals surface area contributed by atoms with Gasteiger partial charge in [-0.1, -0.05) is 0 Å². The molecular weight excluding hydrogens is 218 g/mol. The third kappa shape index (κ3) is 2.71. The fraction of sp³-hybridized carbons (Fsp3) is 0.545. The van der Waals surface area contributed by atoms with Gasteiger partial charge in [-0.05, 0) is 27.2 Å². The fourth-order valence-corrected chi connectivity index (χ4v) is 1.59. The molecule has 2 rings (SSSR count). The van der Waals surface area contributed by atoms with Crippen LogP contribution in [0.5, 0.6) is 0 Å². The number of hydrogen-bond acceptors (Lipinski definition) is 4. The van der Waals surface area contributed by atoms with E-state index in [9.17, 15) is 4.79 Å². The van der Waals surface area contributed by atoms with Gasteiger partial charge in [0.25, 0.3) is 11.3 Å². The third-order valence-corrected chi connectivity index (χ3v) is 2.51. The van der Waals surface area contributed by atoms with Crippen molar-refractivity contribution < 1.29 is 0 Å². The smallest absolute Gasteiger partial charge is 0.274 e. The van der Waals surface area contributed by atoms with Crippen LogP contribution in [0, 0.1) is 6.92 Å². The predicted molar refractivity (Wildman–Crippen MR) is 64.9 cm³/mol. The Hall–Kier alpha value is -1.69. The van der Waals surface area contributed by atoms with E-state index >= 15 is 0 Å². The summed E-state index contributed by atoms with van der Waals surface area (Å²) in [6, 6.07) is 1.47. The van der Waals surface area contributed by atoms with Crippen LogP contribution in [-0.2, 0) is 6.42 Å². The van der Waals surface area contributed by atoms with Crippen molar-refractivity contribution in [1.82, 2.24) is 19.6 Å². The normalized spacial score (nSPS) is 12.2. The number of aromatic amines is 1. The van der Waals surface area contributed by atoms with Crippen LogP contribution in [0.4, 0.5) is 0 Å². The molecule has 6 heteroatoms. The molecule has 17 heavy (non-hydrogen) atoms. The van der Waals surface area contributed by atoms with Gasteiger partial charge in [0, 0.05) is 23.7 Å². The van der Waals surface area contributed by atoms with Gasteiger partial charge in [-0.3, -0.25) is 9.89 Å². The van der Waals surface area contributed by atoms with Crippen LogP contribution in [0.25, 0.3) is 5.78 Å². The fourth-order valence-electron chi connectivity index (χ4n) is 1.59. The Balaban J connectivity index is 2.32. The highest BCUT2D eigenvalue weighted by atomic mass is 16.1. The molecule has 0 aliphatic carbocycles. The van der Waals surface area contributed by atoms with E-state index in [1.807, 2.05) is 13.8 Å². The van der Waals surface area contributed by atoms with Gasteiger partial charge in [0.1, 0.15) is 5.82 Å². The molecule has 0 amide bonds. The molecule has 2 aromatic rings. The van der Waals surface area contributed by atoms with E-state index in [1.165, 1.54) is 10.6 Å². The second kappa shape index (κ2) is 3.96. The van der Waals surface area contributed by atoms with E-state index in [4.69, 9.17) is 5.73 Å². The summed E-state index contributed by atoms with van der Waals surface area (Å²) in [4.78, 5) is 20.1. The van der Waals surface area contributed by atoms with Crippen LogP contribution in [-0.4, -0.2) is 25.1 Å². The number of nitrogens with one attached hydrogen (secondary N) is 1. The van der Waals surface area contributed by atoms with Crippen LogP contribution in [0.1, 0.15) is 31.8 Å². The van der Waals surface area contributed by atoms with Crippen molar-refractivity contribution in [2.24, 2.45) is 5.73 Å². The molecule has 0 aromatic carbocycles. The molecular formula is C11H17N5O. The lowest BCUT2D eigenvalue weighted by molar-refractivity contribution is 0.471. The predicted octanol–water partition coefficient (Wildman–Crippen LogP) is 0.396. The summed E-state index contributed by atoms with van der Waals surface area (Å²) < 4.78 is 1.35. The zero-order chi connectivity index (χ0) is 12.6. The Labute approximate surface area is 98.9 Å². The van der Waals surface area contributed by atoms with Crippen molar-refractivity contribution in [2.75, 3.05) is 0 Å². The van der Waals surface area contributed by atoms with Gasteiger partial charge < -0.3 is 5.73 Å². The number of aromatic nitrogens is 4. The Morgan fingerprint density at radius 3 is 2.82 bits per heavy atom. The molecule has 0 saturated carbocycles. The molecule has 2 heterocycles. The zero-order valence-corrected chi connectivity index (χ0v) is 10.3. The van der Waals surface area contributed by atoms with Crippen molar-refractivity contribution in [3.05, 3.63) is 27.9 Å². The Bertz CT molecular complexity index is 590. The standard InChI is InChI=1S/C11H17N5O/c1-7-6-9(17)16-10(13-7)14-8(15-16)4-5-11(2,3)12/h6H,4-5,12H2,1-3H3,(H,13,14,15). The molecule has 0 saturated heterocycles. The van der Waals surface area contributed by atoms with Crippen molar-refractivity contribution in [1.29, 1.82) is 0 Å². The van der Waals surface area contributed by atoms with Crippen LogP contribution in [0.2, 0.25) is 0 Å². The maximum absolute atomic E-state index is 11.6.